The summed E-state index contributed by atoms with van der Waals surface area (Å²) in [6.07, 6.45) is 0.598. The van der Waals surface area contributed by atoms with Gasteiger partial charge in [0.1, 0.15) is 0 Å². The topological polar surface area (TPSA) is 59.6 Å². The fraction of sp³-hybridized carbons (Fsp3) is 0.0625. The number of hydrogen-bond donors (Lipinski definition) is 2. The molecule has 0 aromatic heterocycles. The van der Waals surface area contributed by atoms with Crippen molar-refractivity contribution in [2.45, 2.75) is 6.16 Å². The second-order valence-electron chi connectivity index (χ2n) is 13.6. The molecule has 0 atom stereocenters. The van der Waals surface area contributed by atoms with Gasteiger partial charge in [-0.3, -0.25) is 0 Å². The van der Waals surface area contributed by atoms with Crippen LogP contribution in [0.5, 0.6) is 11.5 Å². The molecule has 5 nitrogen and oxygen atoms in total. The maximum absolute atomic E-state index is 13.9. The number of fused-ring (bicyclic) bond motifs is 2. The monoisotopic (exact) mass is 802 g/mol. The molecule has 0 bridgehead atoms. The third-order valence-electron chi connectivity index (χ3n) is 10.3. The third kappa shape index (κ3) is 6.62. The van der Waals surface area contributed by atoms with Crippen LogP contribution in [0, 0.1) is 0 Å². The first kappa shape index (κ1) is 36.1. The molecule has 7 heteroatoms. The van der Waals surface area contributed by atoms with Crippen molar-refractivity contribution in [1.29, 1.82) is 0 Å². The number of benzene rings is 8. The third-order valence-corrected chi connectivity index (χ3v) is 19.8. The van der Waals surface area contributed by atoms with E-state index in [0.29, 0.717) is 17.5 Å². The number of hydrogen-bond acceptors (Lipinski definition) is 3. The van der Waals surface area contributed by atoms with E-state index in [2.05, 4.69) is 150 Å². The van der Waals surface area contributed by atoms with Gasteiger partial charge in [-0.15, -0.1) is 0 Å². The molecule has 0 aliphatic rings. The summed E-state index contributed by atoms with van der Waals surface area (Å²) < 4.78 is 11.7. The average molecular weight is 804 g/mol. The Labute approximate surface area is 329 Å². The molecule has 0 aliphatic heterocycles. The molecule has 8 rings (SSSR count). The van der Waals surface area contributed by atoms with Crippen LogP contribution in [0.4, 0.5) is 16.2 Å². The predicted octanol–water partition coefficient (Wildman–Crippen LogP) is 11.7. The minimum atomic E-state index is -3.77. The first-order valence-electron chi connectivity index (χ1n) is 18.1. The summed E-state index contributed by atoms with van der Waals surface area (Å²) >= 11 is 4.81. The number of carbonyl (C=O) groups excluding carboxylic acids is 1. The first-order chi connectivity index (χ1) is 26.9. The van der Waals surface area contributed by atoms with Gasteiger partial charge in [-0.2, -0.15) is 0 Å². The molecule has 8 aromatic rings. The van der Waals surface area contributed by atoms with Crippen LogP contribution in [0.25, 0.3) is 32.7 Å². The molecule has 0 fully saturated rings. The Kier molecular flexibility index (Phi) is 9.87. The Morgan fingerprint density at radius 2 is 1.04 bits per heavy atom. The van der Waals surface area contributed by atoms with Gasteiger partial charge >= 0.3 is 331 Å². The summed E-state index contributed by atoms with van der Waals surface area (Å²) in [5, 5.41) is 10.3. The van der Waals surface area contributed by atoms with Gasteiger partial charge < -0.3 is 0 Å². The molecule has 2 amide bonds. The van der Waals surface area contributed by atoms with Gasteiger partial charge in [0, 0.05) is 0 Å². The van der Waals surface area contributed by atoms with Gasteiger partial charge in [-0.25, -0.2) is 0 Å². The molecule has 0 unspecified atom stereocenters. The Morgan fingerprint density at radius 1 is 0.545 bits per heavy atom. The van der Waals surface area contributed by atoms with E-state index in [9.17, 15) is 4.79 Å². The van der Waals surface area contributed by atoms with Crippen LogP contribution in [0.3, 0.4) is 0 Å². The van der Waals surface area contributed by atoms with Gasteiger partial charge in [-0.05, 0) is 0 Å². The summed E-state index contributed by atoms with van der Waals surface area (Å²) in [5.74, 6) is 1.44. The molecule has 0 saturated carbocycles. The van der Waals surface area contributed by atoms with Crippen LogP contribution in [-0.4, -0.2) is 20.3 Å². The maximum atomic E-state index is 13.9. The molecule has 0 heterocycles. The van der Waals surface area contributed by atoms with E-state index in [1.54, 1.807) is 14.2 Å². The van der Waals surface area contributed by atoms with Crippen molar-refractivity contribution in [1.82, 2.24) is 0 Å². The van der Waals surface area contributed by atoms with Gasteiger partial charge in [0.05, 0.1) is 0 Å². The second kappa shape index (κ2) is 15.1. The Balaban J connectivity index is 1.51. The number of ether oxygens (including phenoxy) is 2. The summed E-state index contributed by atoms with van der Waals surface area (Å²) in [4.78, 5) is 13.9. The Bertz CT molecular complexity index is 2590. The van der Waals surface area contributed by atoms with Gasteiger partial charge in [0.2, 0.25) is 0 Å². The quantitative estimate of drug-likeness (QED) is 0.135. The fourth-order valence-electron chi connectivity index (χ4n) is 7.84. The molecule has 8 aromatic carbocycles. The van der Waals surface area contributed by atoms with Crippen molar-refractivity contribution in [3.63, 3.8) is 0 Å². The van der Waals surface area contributed by atoms with E-state index in [-0.39, 0.29) is 6.03 Å². The Hall–Kier alpha value is -5.94. The number of anilines is 2. The van der Waals surface area contributed by atoms with Crippen molar-refractivity contribution >= 4 is 75.7 Å². The normalized spacial score (nSPS) is 12.1. The van der Waals surface area contributed by atoms with Gasteiger partial charge in [0.15, 0.2) is 0 Å². The summed E-state index contributed by atoms with van der Waals surface area (Å²) in [5.41, 5.74) is 4.45. The molecular weight excluding hydrogens is 763 g/mol. The van der Waals surface area contributed by atoms with Crippen molar-refractivity contribution in [3.8, 4) is 22.6 Å². The number of halogens is 1. The van der Waals surface area contributed by atoms with E-state index in [4.69, 9.17) is 25.0 Å². The van der Waals surface area contributed by atoms with Crippen LogP contribution >= 0.6 is 20.8 Å². The zero-order valence-electron chi connectivity index (χ0n) is 30.6. The van der Waals surface area contributed by atoms with Crippen LogP contribution < -0.4 is 36.0 Å². The molecule has 0 radical (unpaired) electrons. The molecule has 0 saturated heterocycles. The number of carbonyl (C=O) groups is 1. The molecule has 2 N–H and O–H groups in total. The number of para-hydroxylation sites is 1. The average Bonchev–Trinajstić information content (AvgIpc) is 3.24. The van der Waals surface area contributed by atoms with Crippen LogP contribution in [0.1, 0.15) is 5.56 Å². The second-order valence-corrected chi connectivity index (χ2v) is 22.5. The standard InChI is InChI=1S/C48H40BrN2O3P/c1-53-38-30-34(31-39(32-38)54-2)33-55(49,40-20-8-4-9-21-40,41-22-10-5-11-23-41)45-29-27-36-17-13-15-25-43(36)47(45)46-42-24-14-12-16-35(42)26-28-44(46)51-48(52)50-37-18-6-3-7-19-37/h3-32H,33H2,1-2H3,(H2,50,51,52). The van der Waals surface area contributed by atoms with Crippen LogP contribution in [0.2, 0.25) is 0 Å². The van der Waals surface area contributed by atoms with E-state index >= 15 is 0 Å². The van der Waals surface area contributed by atoms with Crippen molar-refractivity contribution < 1.29 is 14.3 Å². The minimum absolute atomic E-state index is 0.324. The zero-order valence-corrected chi connectivity index (χ0v) is 33.1. The van der Waals surface area contributed by atoms with E-state index < -0.39 is 5.31 Å². The number of amides is 2. The summed E-state index contributed by atoms with van der Waals surface area (Å²) in [6.45, 7) is 0. The van der Waals surface area contributed by atoms with Crippen molar-refractivity contribution in [2.24, 2.45) is 0 Å². The van der Waals surface area contributed by atoms with Gasteiger partial charge in [0.25, 0.3) is 0 Å². The summed E-state index contributed by atoms with van der Waals surface area (Å²) in [7, 11) is 3.37. The predicted molar refractivity (Wildman–Crippen MR) is 237 cm³/mol. The van der Waals surface area contributed by atoms with E-state index in [1.165, 1.54) is 0 Å². The van der Waals surface area contributed by atoms with Crippen molar-refractivity contribution in [3.05, 3.63) is 188 Å². The van der Waals surface area contributed by atoms with E-state index in [0.717, 1.165) is 65.6 Å². The molecule has 55 heavy (non-hydrogen) atoms. The zero-order chi connectivity index (χ0) is 37.9. The molecular formula is C48H40BrN2O3P. The number of urea groups is 1. The first-order valence-corrected chi connectivity index (χ1v) is 22.6. The van der Waals surface area contributed by atoms with Crippen LogP contribution in [0.15, 0.2) is 182 Å². The SMILES string of the molecule is COc1cc(CP(Br)(c2ccccc2)(c2ccccc2)c2ccc3ccccc3c2-c2c(NC(=O)Nc3ccccc3)ccc3ccccc23)cc(OC)c1. The van der Waals surface area contributed by atoms with Gasteiger partial charge in [-0.1, -0.05) is 0 Å². The molecule has 0 aliphatic carbocycles. The number of methoxy groups -OCH3 is 2. The molecule has 0 spiro atoms. The number of nitrogens with one attached hydrogen (secondary N) is 2. The van der Waals surface area contributed by atoms with Crippen LogP contribution in [-0.2, 0) is 6.16 Å². The van der Waals surface area contributed by atoms with E-state index in [1.807, 2.05) is 42.5 Å². The Morgan fingerprint density at radius 3 is 1.60 bits per heavy atom. The summed E-state index contributed by atoms with van der Waals surface area (Å²) in [6, 6.07) is 62.4. The fourth-order valence-corrected chi connectivity index (χ4v) is 15.9. The number of rotatable bonds is 10. The van der Waals surface area contributed by atoms with Crippen molar-refractivity contribution in [2.75, 3.05) is 24.9 Å². The molecule has 272 valence electrons.